The minimum Gasteiger partial charge on any atom is -0.497 e. The van der Waals surface area contributed by atoms with Crippen LogP contribution >= 0.6 is 22.9 Å². The van der Waals surface area contributed by atoms with Gasteiger partial charge < -0.3 is 24.3 Å². The molecule has 1 N–H and O–H groups in total. The van der Waals surface area contributed by atoms with Crippen LogP contribution in [0.4, 0.5) is 5.69 Å². The van der Waals surface area contributed by atoms with Crippen LogP contribution in [0.3, 0.4) is 0 Å². The minimum absolute atomic E-state index is 0.504. The highest BCUT2D eigenvalue weighted by Gasteiger charge is 2.17. The lowest BCUT2D eigenvalue weighted by Gasteiger charge is -2.14. The number of halogens is 1. The second-order valence-corrected chi connectivity index (χ2v) is 9.64. The molecule has 0 radical (unpaired) electrons. The number of anilines is 1. The molecule has 2 heterocycles. The molecule has 0 amide bonds. The number of hydrogen-bond donors (Lipinski definition) is 1. The van der Waals surface area contributed by atoms with Crippen LogP contribution in [0.25, 0.3) is 32.6 Å². The Balaban J connectivity index is 1.51. The van der Waals surface area contributed by atoms with E-state index in [-0.39, 0.29) is 0 Å². The summed E-state index contributed by atoms with van der Waals surface area (Å²) in [6, 6.07) is 15.6. The Morgan fingerprint density at radius 2 is 1.68 bits per heavy atom. The van der Waals surface area contributed by atoms with Crippen molar-refractivity contribution in [2.75, 3.05) is 33.8 Å². The molecule has 0 bridgehead atoms. The lowest BCUT2D eigenvalue weighted by molar-refractivity contribution is 0.391. The fraction of sp³-hybridized carbons (Fsp3) is 0.179. The lowest BCUT2D eigenvalue weighted by atomic mass is 9.98. The summed E-state index contributed by atoms with van der Waals surface area (Å²) in [5.74, 6) is 2.05. The first-order valence-electron chi connectivity index (χ1n) is 11.6. The van der Waals surface area contributed by atoms with E-state index in [1.807, 2.05) is 48.5 Å². The van der Waals surface area contributed by atoms with E-state index in [2.05, 4.69) is 20.5 Å². The number of fused-ring (bicyclic) bond motifs is 1. The third-order valence-electron chi connectivity index (χ3n) is 6.12. The monoisotopic (exact) mass is 548 g/mol. The van der Waals surface area contributed by atoms with E-state index in [4.69, 9.17) is 30.5 Å². The SMILES string of the molecule is COc1ccc(CNc2cnnc3cc(-c4cc(Cl)c(OC)cc4-c4ncc(OC)s4)ccc23)c(OC)c1. The molecule has 0 aliphatic heterocycles. The summed E-state index contributed by atoms with van der Waals surface area (Å²) in [5, 5.41) is 15.0. The van der Waals surface area contributed by atoms with Gasteiger partial charge in [0.2, 0.25) is 0 Å². The van der Waals surface area contributed by atoms with Gasteiger partial charge in [-0.05, 0) is 47.5 Å². The molecule has 3 aromatic carbocycles. The van der Waals surface area contributed by atoms with Gasteiger partial charge in [0.15, 0.2) is 5.06 Å². The molecule has 0 aliphatic rings. The zero-order valence-electron chi connectivity index (χ0n) is 21.2. The topological polar surface area (TPSA) is 87.6 Å². The van der Waals surface area contributed by atoms with Gasteiger partial charge in [0, 0.05) is 29.1 Å². The molecular formula is C28H25ClN4O4S. The summed E-state index contributed by atoms with van der Waals surface area (Å²) in [5.41, 5.74) is 5.30. The Bertz CT molecular complexity index is 1610. The maximum Gasteiger partial charge on any atom is 0.194 e. The van der Waals surface area contributed by atoms with Crippen LogP contribution in [-0.2, 0) is 6.54 Å². The summed E-state index contributed by atoms with van der Waals surface area (Å²) in [6.45, 7) is 0.541. The lowest BCUT2D eigenvalue weighted by Crippen LogP contribution is -2.03. The molecule has 0 saturated heterocycles. The summed E-state index contributed by atoms with van der Waals surface area (Å²) in [4.78, 5) is 4.54. The van der Waals surface area contributed by atoms with Crippen molar-refractivity contribution in [3.8, 4) is 44.0 Å². The average molecular weight is 549 g/mol. The third-order valence-corrected chi connectivity index (χ3v) is 7.41. The number of rotatable bonds is 9. The van der Waals surface area contributed by atoms with Crippen LogP contribution in [0, 0.1) is 0 Å². The van der Waals surface area contributed by atoms with Crippen LogP contribution < -0.4 is 24.3 Å². The van der Waals surface area contributed by atoms with Gasteiger partial charge in [-0.1, -0.05) is 29.0 Å². The predicted octanol–water partition coefficient (Wildman–Crippen LogP) is 6.72. The standard InChI is InChI=1S/C28H25ClN4O4S/c1-34-18-7-5-17(25(10-18)35-2)13-30-24-14-32-33-23-9-16(6-8-19(23)24)20-11-22(29)26(36-3)12-21(20)28-31-15-27(37-4)38-28/h5-12,14-15H,13H2,1-4H3,(H,30,33). The summed E-state index contributed by atoms with van der Waals surface area (Å²) in [6.07, 6.45) is 3.42. The first-order valence-corrected chi connectivity index (χ1v) is 12.8. The number of nitrogens with zero attached hydrogens (tertiary/aromatic N) is 3. The zero-order valence-corrected chi connectivity index (χ0v) is 22.8. The van der Waals surface area contributed by atoms with E-state index in [9.17, 15) is 0 Å². The molecule has 0 aliphatic carbocycles. The van der Waals surface area contributed by atoms with Gasteiger partial charge in [-0.25, -0.2) is 4.98 Å². The number of benzene rings is 3. The van der Waals surface area contributed by atoms with Crippen molar-refractivity contribution in [2.45, 2.75) is 6.54 Å². The van der Waals surface area contributed by atoms with Crippen molar-refractivity contribution in [1.82, 2.24) is 15.2 Å². The van der Waals surface area contributed by atoms with Crippen molar-refractivity contribution in [2.24, 2.45) is 0 Å². The van der Waals surface area contributed by atoms with Gasteiger partial charge in [0.1, 0.15) is 22.3 Å². The Morgan fingerprint density at radius 1 is 0.842 bits per heavy atom. The molecule has 2 aromatic heterocycles. The van der Waals surface area contributed by atoms with Gasteiger partial charge in [-0.2, -0.15) is 10.2 Å². The van der Waals surface area contributed by atoms with Crippen LogP contribution in [0.15, 0.2) is 60.9 Å². The Kier molecular flexibility index (Phi) is 7.48. The number of thiazole rings is 1. The Labute approximate surface area is 229 Å². The van der Waals surface area contributed by atoms with Crippen LogP contribution in [-0.4, -0.2) is 43.6 Å². The number of ether oxygens (including phenoxy) is 4. The van der Waals surface area contributed by atoms with Gasteiger partial charge in [-0.15, -0.1) is 0 Å². The summed E-state index contributed by atoms with van der Waals surface area (Å²) < 4.78 is 21.7. The highest BCUT2D eigenvalue weighted by Crippen LogP contribution is 2.42. The number of aromatic nitrogens is 3. The number of hydrogen-bond acceptors (Lipinski definition) is 9. The quantitative estimate of drug-likeness (QED) is 0.217. The fourth-order valence-electron chi connectivity index (χ4n) is 4.16. The fourth-order valence-corrected chi connectivity index (χ4v) is 5.17. The molecule has 38 heavy (non-hydrogen) atoms. The smallest absolute Gasteiger partial charge is 0.194 e. The van der Waals surface area contributed by atoms with E-state index >= 15 is 0 Å². The molecule has 0 fully saturated rings. The van der Waals surface area contributed by atoms with Gasteiger partial charge >= 0.3 is 0 Å². The van der Waals surface area contributed by atoms with Crippen molar-refractivity contribution in [1.29, 1.82) is 0 Å². The van der Waals surface area contributed by atoms with E-state index in [0.29, 0.717) is 22.4 Å². The maximum absolute atomic E-state index is 6.54. The summed E-state index contributed by atoms with van der Waals surface area (Å²) >= 11 is 7.98. The molecule has 0 atom stereocenters. The van der Waals surface area contributed by atoms with Crippen molar-refractivity contribution >= 4 is 39.5 Å². The van der Waals surface area contributed by atoms with Crippen LogP contribution in [0.2, 0.25) is 5.02 Å². The average Bonchev–Trinajstić information content (AvgIpc) is 3.44. The van der Waals surface area contributed by atoms with Crippen LogP contribution in [0.5, 0.6) is 22.3 Å². The molecule has 5 rings (SSSR count). The second kappa shape index (κ2) is 11.1. The maximum atomic E-state index is 6.54. The van der Waals surface area contributed by atoms with Crippen LogP contribution in [0.1, 0.15) is 5.56 Å². The van der Waals surface area contributed by atoms with Gasteiger partial charge in [-0.3, -0.25) is 0 Å². The molecule has 0 spiro atoms. The largest absolute Gasteiger partial charge is 0.497 e. The first-order chi connectivity index (χ1) is 18.5. The third kappa shape index (κ3) is 5.03. The first kappa shape index (κ1) is 25.6. The van der Waals surface area contributed by atoms with Crippen molar-refractivity contribution in [3.63, 3.8) is 0 Å². The number of methoxy groups -OCH3 is 4. The Morgan fingerprint density at radius 3 is 2.42 bits per heavy atom. The normalized spacial score (nSPS) is 10.9. The van der Waals surface area contributed by atoms with Crippen molar-refractivity contribution < 1.29 is 18.9 Å². The van der Waals surface area contributed by atoms with Gasteiger partial charge in [0.25, 0.3) is 0 Å². The van der Waals surface area contributed by atoms with E-state index in [1.165, 1.54) is 11.3 Å². The minimum atomic E-state index is 0.504. The molecule has 10 heteroatoms. The Hall–Kier alpha value is -4.08. The van der Waals surface area contributed by atoms with E-state index in [0.717, 1.165) is 55.4 Å². The predicted molar refractivity (Wildman–Crippen MR) is 151 cm³/mol. The zero-order chi connectivity index (χ0) is 26.6. The second-order valence-electron chi connectivity index (χ2n) is 8.24. The highest BCUT2D eigenvalue weighted by atomic mass is 35.5. The van der Waals surface area contributed by atoms with Crippen molar-refractivity contribution in [3.05, 3.63) is 71.5 Å². The highest BCUT2D eigenvalue weighted by molar-refractivity contribution is 7.16. The molecule has 0 saturated carbocycles. The summed E-state index contributed by atoms with van der Waals surface area (Å²) in [7, 11) is 6.49. The molecule has 5 aromatic rings. The van der Waals surface area contributed by atoms with Gasteiger partial charge in [0.05, 0.1) is 57.1 Å². The molecule has 8 nitrogen and oxygen atoms in total. The van der Waals surface area contributed by atoms with E-state index in [1.54, 1.807) is 40.8 Å². The molecular weight excluding hydrogens is 524 g/mol. The molecule has 194 valence electrons. The molecule has 0 unspecified atom stereocenters. The number of nitrogens with one attached hydrogen (secondary N) is 1. The van der Waals surface area contributed by atoms with E-state index < -0.39 is 0 Å².